The largest absolute Gasteiger partial charge is 0.454 e. The summed E-state index contributed by atoms with van der Waals surface area (Å²) < 4.78 is 11.8. The fraction of sp³-hybridized carbons (Fsp3) is 0.294. The van der Waals surface area contributed by atoms with Gasteiger partial charge in [0.25, 0.3) is 0 Å². The zero-order valence-electron chi connectivity index (χ0n) is 12.2. The predicted octanol–water partition coefficient (Wildman–Crippen LogP) is 4.34. The lowest BCUT2D eigenvalue weighted by molar-refractivity contribution is 0.174. The first-order valence-electron chi connectivity index (χ1n) is 7.01. The second-order valence-corrected chi connectivity index (χ2v) is 6.17. The van der Waals surface area contributed by atoms with Crippen molar-refractivity contribution < 1.29 is 9.47 Å². The first-order chi connectivity index (χ1) is 10.1. The molecule has 2 aromatic carbocycles. The van der Waals surface area contributed by atoms with Crippen LogP contribution in [0.2, 0.25) is 0 Å². The normalized spacial score (nSPS) is 14.2. The first kappa shape index (κ1) is 14.4. The maximum atomic E-state index is 5.43. The Morgan fingerprint density at radius 3 is 2.71 bits per heavy atom. The smallest absolute Gasteiger partial charge is 0.231 e. The van der Waals surface area contributed by atoms with Gasteiger partial charge in [-0.15, -0.1) is 0 Å². The fourth-order valence-corrected chi connectivity index (χ4v) is 2.88. The van der Waals surface area contributed by atoms with Crippen molar-refractivity contribution in [2.45, 2.75) is 26.4 Å². The zero-order chi connectivity index (χ0) is 14.8. The highest BCUT2D eigenvalue weighted by molar-refractivity contribution is 9.10. The molecule has 1 aliphatic rings. The van der Waals surface area contributed by atoms with E-state index in [-0.39, 0.29) is 0 Å². The summed E-state index contributed by atoms with van der Waals surface area (Å²) in [4.78, 5) is 0. The van der Waals surface area contributed by atoms with E-state index >= 15 is 0 Å². The van der Waals surface area contributed by atoms with Gasteiger partial charge in [0.1, 0.15) is 0 Å². The molecule has 0 bridgehead atoms. The maximum Gasteiger partial charge on any atom is 0.231 e. The molecule has 3 rings (SSSR count). The lowest BCUT2D eigenvalue weighted by atomic mass is 10.1. The SMILES string of the molecule is Cc1cccc([C@H](C)NCc2cc3c(cc2Br)OCO3)c1. The van der Waals surface area contributed by atoms with Crippen LogP contribution in [0.5, 0.6) is 11.5 Å². The first-order valence-corrected chi connectivity index (χ1v) is 7.81. The Balaban J connectivity index is 1.70. The minimum absolute atomic E-state index is 0.294. The van der Waals surface area contributed by atoms with Gasteiger partial charge in [-0.3, -0.25) is 0 Å². The molecule has 0 saturated carbocycles. The van der Waals surface area contributed by atoms with Crippen molar-refractivity contribution in [1.29, 1.82) is 0 Å². The summed E-state index contributed by atoms with van der Waals surface area (Å²) in [5.74, 6) is 1.62. The van der Waals surface area contributed by atoms with Gasteiger partial charge in [-0.2, -0.15) is 0 Å². The standard InChI is InChI=1S/C17H18BrNO2/c1-11-4-3-5-13(6-11)12(2)19-9-14-7-16-17(8-15(14)18)21-10-20-16/h3-8,12,19H,9-10H2,1-2H3/t12-/m0/s1. The number of aryl methyl sites for hydroxylation is 1. The summed E-state index contributed by atoms with van der Waals surface area (Å²) in [6.45, 7) is 5.37. The Morgan fingerprint density at radius 2 is 1.95 bits per heavy atom. The molecule has 0 unspecified atom stereocenters. The van der Waals surface area contributed by atoms with Crippen molar-refractivity contribution in [2.24, 2.45) is 0 Å². The summed E-state index contributed by atoms with van der Waals surface area (Å²) in [5.41, 5.74) is 3.75. The van der Waals surface area contributed by atoms with E-state index < -0.39 is 0 Å². The van der Waals surface area contributed by atoms with Gasteiger partial charge in [-0.25, -0.2) is 0 Å². The third-order valence-electron chi connectivity index (χ3n) is 3.68. The number of nitrogens with one attached hydrogen (secondary N) is 1. The Kier molecular flexibility index (Phi) is 4.17. The molecule has 4 heteroatoms. The molecule has 3 nitrogen and oxygen atoms in total. The van der Waals surface area contributed by atoms with Crippen LogP contribution < -0.4 is 14.8 Å². The summed E-state index contributed by atoms with van der Waals surface area (Å²) in [5, 5.41) is 3.55. The average Bonchev–Trinajstić information content (AvgIpc) is 2.91. The summed E-state index contributed by atoms with van der Waals surface area (Å²) in [6.07, 6.45) is 0. The highest BCUT2D eigenvalue weighted by atomic mass is 79.9. The van der Waals surface area contributed by atoms with Crippen LogP contribution in [0.4, 0.5) is 0 Å². The minimum atomic E-state index is 0.294. The average molecular weight is 348 g/mol. The van der Waals surface area contributed by atoms with Gasteiger partial charge in [0.15, 0.2) is 11.5 Å². The molecular weight excluding hydrogens is 330 g/mol. The molecule has 0 fully saturated rings. The van der Waals surface area contributed by atoms with Gasteiger partial charge >= 0.3 is 0 Å². The third kappa shape index (κ3) is 3.22. The molecule has 0 saturated heterocycles. The number of hydrogen-bond acceptors (Lipinski definition) is 3. The molecule has 0 amide bonds. The van der Waals surface area contributed by atoms with E-state index in [9.17, 15) is 0 Å². The number of hydrogen-bond donors (Lipinski definition) is 1. The van der Waals surface area contributed by atoms with E-state index in [0.29, 0.717) is 12.8 Å². The summed E-state index contributed by atoms with van der Waals surface area (Å²) >= 11 is 3.59. The molecule has 1 N–H and O–H groups in total. The van der Waals surface area contributed by atoms with Gasteiger partial charge in [0.2, 0.25) is 6.79 Å². The van der Waals surface area contributed by atoms with E-state index in [1.807, 2.05) is 12.1 Å². The minimum Gasteiger partial charge on any atom is -0.454 e. The van der Waals surface area contributed by atoms with Crippen LogP contribution in [-0.2, 0) is 6.54 Å². The third-order valence-corrected chi connectivity index (χ3v) is 4.42. The van der Waals surface area contributed by atoms with Crippen LogP contribution in [0.1, 0.15) is 29.7 Å². The molecule has 0 radical (unpaired) electrons. The maximum absolute atomic E-state index is 5.43. The highest BCUT2D eigenvalue weighted by Gasteiger charge is 2.16. The van der Waals surface area contributed by atoms with Crippen molar-refractivity contribution in [2.75, 3.05) is 6.79 Å². The predicted molar refractivity (Wildman–Crippen MR) is 86.7 cm³/mol. The lowest BCUT2D eigenvalue weighted by Crippen LogP contribution is -2.18. The molecule has 110 valence electrons. The molecular formula is C17H18BrNO2. The van der Waals surface area contributed by atoms with Crippen LogP contribution in [0.3, 0.4) is 0 Å². The molecule has 1 aliphatic heterocycles. The number of fused-ring (bicyclic) bond motifs is 1. The highest BCUT2D eigenvalue weighted by Crippen LogP contribution is 2.37. The topological polar surface area (TPSA) is 30.5 Å². The molecule has 0 aromatic heterocycles. The second-order valence-electron chi connectivity index (χ2n) is 5.31. The Hall–Kier alpha value is -1.52. The van der Waals surface area contributed by atoms with Gasteiger partial charge in [-0.05, 0) is 37.1 Å². The van der Waals surface area contributed by atoms with Gasteiger partial charge < -0.3 is 14.8 Å². The van der Waals surface area contributed by atoms with E-state index in [4.69, 9.17) is 9.47 Å². The quantitative estimate of drug-likeness (QED) is 0.892. The molecule has 2 aromatic rings. The van der Waals surface area contributed by atoms with Crippen LogP contribution >= 0.6 is 15.9 Å². The fourth-order valence-electron chi connectivity index (χ4n) is 2.42. The molecule has 0 aliphatic carbocycles. The molecule has 1 heterocycles. The monoisotopic (exact) mass is 347 g/mol. The van der Waals surface area contributed by atoms with Gasteiger partial charge in [-0.1, -0.05) is 45.8 Å². The summed E-state index contributed by atoms with van der Waals surface area (Å²) in [7, 11) is 0. The van der Waals surface area contributed by atoms with Crippen molar-refractivity contribution in [3.63, 3.8) is 0 Å². The van der Waals surface area contributed by atoms with Crippen molar-refractivity contribution in [3.05, 3.63) is 57.6 Å². The number of benzene rings is 2. The molecule has 1 atom stereocenters. The van der Waals surface area contributed by atoms with E-state index in [1.54, 1.807) is 0 Å². The van der Waals surface area contributed by atoms with Crippen molar-refractivity contribution >= 4 is 15.9 Å². The lowest BCUT2D eigenvalue weighted by Gasteiger charge is -2.16. The number of halogens is 1. The van der Waals surface area contributed by atoms with E-state index in [2.05, 4.69) is 59.4 Å². The van der Waals surface area contributed by atoms with Crippen LogP contribution in [0.25, 0.3) is 0 Å². The second kappa shape index (κ2) is 6.08. The van der Waals surface area contributed by atoms with E-state index in [1.165, 1.54) is 16.7 Å². The van der Waals surface area contributed by atoms with Crippen molar-refractivity contribution in [3.8, 4) is 11.5 Å². The number of ether oxygens (including phenoxy) is 2. The van der Waals surface area contributed by atoms with Crippen LogP contribution in [-0.4, -0.2) is 6.79 Å². The van der Waals surface area contributed by atoms with Crippen LogP contribution in [0.15, 0.2) is 40.9 Å². The Labute approximate surface area is 133 Å². The van der Waals surface area contributed by atoms with Gasteiger partial charge in [0, 0.05) is 17.1 Å². The van der Waals surface area contributed by atoms with Gasteiger partial charge in [0.05, 0.1) is 0 Å². The zero-order valence-corrected chi connectivity index (χ0v) is 13.7. The van der Waals surface area contributed by atoms with Crippen LogP contribution in [0, 0.1) is 6.92 Å². The van der Waals surface area contributed by atoms with Crippen molar-refractivity contribution in [1.82, 2.24) is 5.32 Å². The summed E-state index contributed by atoms with van der Waals surface area (Å²) in [6, 6.07) is 12.9. The van der Waals surface area contributed by atoms with E-state index in [0.717, 1.165) is 22.5 Å². The molecule has 21 heavy (non-hydrogen) atoms. The Bertz CT molecular complexity index is 657. The number of rotatable bonds is 4. The Morgan fingerprint density at radius 1 is 1.19 bits per heavy atom. The molecule has 0 spiro atoms.